The average molecular weight is 243 g/mol. The molecule has 0 aliphatic carbocycles. The Labute approximate surface area is 105 Å². The van der Waals surface area contributed by atoms with Gasteiger partial charge in [-0.15, -0.1) is 0 Å². The van der Waals surface area contributed by atoms with Gasteiger partial charge in [-0.2, -0.15) is 5.26 Å². The molecule has 4 heteroatoms. The second-order valence-electron chi connectivity index (χ2n) is 3.97. The monoisotopic (exact) mass is 243 g/mol. The number of thiazole rings is 1. The number of aryl methyl sites for hydroxylation is 2. The summed E-state index contributed by atoms with van der Waals surface area (Å²) in [6, 6.07) is 8.43. The van der Waals surface area contributed by atoms with Gasteiger partial charge >= 0.3 is 0 Å². The molecular formula is C13H13N3S. The normalized spacial score (nSPS) is 10.0. The molecule has 0 spiro atoms. The lowest BCUT2D eigenvalue weighted by atomic mass is 10.1. The molecule has 2 rings (SSSR count). The fraction of sp³-hybridized carbons (Fsp3) is 0.231. The van der Waals surface area contributed by atoms with E-state index in [1.807, 2.05) is 11.9 Å². The molecule has 0 saturated heterocycles. The molecule has 1 aromatic carbocycles. The van der Waals surface area contributed by atoms with E-state index < -0.39 is 0 Å². The molecule has 0 N–H and O–H groups in total. The Hall–Kier alpha value is -1.86. The molecule has 0 aliphatic rings. The Morgan fingerprint density at radius 2 is 2.12 bits per heavy atom. The quantitative estimate of drug-likeness (QED) is 0.811. The van der Waals surface area contributed by atoms with Crippen LogP contribution in [-0.4, -0.2) is 12.0 Å². The van der Waals surface area contributed by atoms with Crippen molar-refractivity contribution in [3.05, 3.63) is 40.4 Å². The van der Waals surface area contributed by atoms with Crippen LogP contribution in [-0.2, 0) is 0 Å². The van der Waals surface area contributed by atoms with Crippen LogP contribution in [0.25, 0.3) is 0 Å². The molecule has 0 fully saturated rings. The number of hydrogen-bond acceptors (Lipinski definition) is 4. The molecule has 0 radical (unpaired) electrons. The smallest absolute Gasteiger partial charge is 0.190 e. The molecular weight excluding hydrogens is 230 g/mol. The lowest BCUT2D eigenvalue weighted by Crippen LogP contribution is -2.10. The fourth-order valence-corrected chi connectivity index (χ4v) is 2.34. The largest absolute Gasteiger partial charge is 0.321 e. The number of anilines is 2. The predicted octanol–water partition coefficient (Wildman–Crippen LogP) is 3.40. The lowest BCUT2D eigenvalue weighted by Gasteiger charge is -2.18. The molecule has 0 aliphatic heterocycles. The van der Waals surface area contributed by atoms with Gasteiger partial charge in [-0.1, -0.05) is 23.5 Å². The SMILES string of the molecule is Cc1ccc(C)c(N(C)c2ncc(C#N)s2)c1. The van der Waals surface area contributed by atoms with Crippen LogP contribution in [0.1, 0.15) is 16.0 Å². The molecule has 1 heterocycles. The van der Waals surface area contributed by atoms with Gasteiger partial charge in [0.1, 0.15) is 10.9 Å². The molecule has 0 atom stereocenters. The number of benzene rings is 1. The van der Waals surface area contributed by atoms with Gasteiger partial charge in [0, 0.05) is 12.7 Å². The standard InChI is InChI=1S/C13H13N3S/c1-9-4-5-10(2)12(6-9)16(3)13-15-8-11(7-14)17-13/h4-6,8H,1-3H3. The third-order valence-corrected chi connectivity index (χ3v) is 3.60. The topological polar surface area (TPSA) is 39.9 Å². The number of rotatable bonds is 2. The summed E-state index contributed by atoms with van der Waals surface area (Å²) in [5.41, 5.74) is 3.55. The van der Waals surface area contributed by atoms with Crippen LogP contribution in [0.4, 0.5) is 10.8 Å². The van der Waals surface area contributed by atoms with Crippen molar-refractivity contribution in [3.8, 4) is 6.07 Å². The first-order chi connectivity index (χ1) is 8.11. The van der Waals surface area contributed by atoms with Crippen LogP contribution in [0.2, 0.25) is 0 Å². The van der Waals surface area contributed by atoms with E-state index in [9.17, 15) is 0 Å². The third-order valence-electron chi connectivity index (χ3n) is 2.62. The van der Waals surface area contributed by atoms with Gasteiger partial charge in [0.05, 0.1) is 6.20 Å². The van der Waals surface area contributed by atoms with Crippen molar-refractivity contribution in [2.45, 2.75) is 13.8 Å². The van der Waals surface area contributed by atoms with E-state index in [0.29, 0.717) is 4.88 Å². The number of hydrogen-bond donors (Lipinski definition) is 0. The Bertz CT molecular complexity index is 581. The highest BCUT2D eigenvalue weighted by molar-refractivity contribution is 7.16. The van der Waals surface area contributed by atoms with Crippen molar-refractivity contribution in [2.24, 2.45) is 0 Å². The average Bonchev–Trinajstić information content (AvgIpc) is 2.80. The Morgan fingerprint density at radius 1 is 1.35 bits per heavy atom. The molecule has 0 bridgehead atoms. The van der Waals surface area contributed by atoms with E-state index in [-0.39, 0.29) is 0 Å². The highest BCUT2D eigenvalue weighted by Crippen LogP contribution is 2.30. The lowest BCUT2D eigenvalue weighted by molar-refractivity contribution is 1.15. The summed E-state index contributed by atoms with van der Waals surface area (Å²) < 4.78 is 0. The summed E-state index contributed by atoms with van der Waals surface area (Å²) in [4.78, 5) is 6.91. The molecule has 0 amide bonds. The summed E-state index contributed by atoms with van der Waals surface area (Å²) >= 11 is 1.40. The molecule has 2 aromatic rings. The number of nitrogens with zero attached hydrogens (tertiary/aromatic N) is 3. The molecule has 3 nitrogen and oxygen atoms in total. The minimum atomic E-state index is 0.636. The Balaban J connectivity index is 2.40. The van der Waals surface area contributed by atoms with Crippen molar-refractivity contribution in [3.63, 3.8) is 0 Å². The Morgan fingerprint density at radius 3 is 2.76 bits per heavy atom. The van der Waals surface area contributed by atoms with Crippen molar-refractivity contribution >= 4 is 22.2 Å². The first kappa shape index (κ1) is 11.6. The van der Waals surface area contributed by atoms with Crippen LogP contribution in [0.3, 0.4) is 0 Å². The van der Waals surface area contributed by atoms with E-state index in [1.54, 1.807) is 6.20 Å². The molecule has 0 unspecified atom stereocenters. The number of nitriles is 1. The molecule has 86 valence electrons. The zero-order chi connectivity index (χ0) is 12.4. The van der Waals surface area contributed by atoms with E-state index in [1.165, 1.54) is 22.5 Å². The highest BCUT2D eigenvalue weighted by Gasteiger charge is 2.11. The van der Waals surface area contributed by atoms with Gasteiger partial charge in [0.15, 0.2) is 5.13 Å². The molecule has 0 saturated carbocycles. The van der Waals surface area contributed by atoms with Crippen LogP contribution < -0.4 is 4.90 Å². The summed E-state index contributed by atoms with van der Waals surface area (Å²) in [5, 5.41) is 9.65. The second kappa shape index (κ2) is 4.56. The fourth-order valence-electron chi connectivity index (χ4n) is 1.66. The van der Waals surface area contributed by atoms with E-state index in [4.69, 9.17) is 5.26 Å². The highest BCUT2D eigenvalue weighted by atomic mass is 32.1. The van der Waals surface area contributed by atoms with Crippen LogP contribution in [0.15, 0.2) is 24.4 Å². The van der Waals surface area contributed by atoms with Crippen LogP contribution in [0.5, 0.6) is 0 Å². The van der Waals surface area contributed by atoms with Gasteiger partial charge < -0.3 is 4.90 Å². The maximum Gasteiger partial charge on any atom is 0.190 e. The summed E-state index contributed by atoms with van der Waals surface area (Å²) in [5.74, 6) is 0. The molecule has 1 aromatic heterocycles. The van der Waals surface area contributed by atoms with E-state index >= 15 is 0 Å². The minimum Gasteiger partial charge on any atom is -0.321 e. The second-order valence-corrected chi connectivity index (χ2v) is 4.98. The van der Waals surface area contributed by atoms with Gasteiger partial charge in [0.2, 0.25) is 0 Å². The number of aromatic nitrogens is 1. The first-order valence-corrected chi connectivity index (χ1v) is 6.10. The minimum absolute atomic E-state index is 0.636. The third kappa shape index (κ3) is 2.29. The van der Waals surface area contributed by atoms with Crippen LogP contribution >= 0.6 is 11.3 Å². The van der Waals surface area contributed by atoms with Gasteiger partial charge in [-0.3, -0.25) is 0 Å². The van der Waals surface area contributed by atoms with E-state index in [0.717, 1.165) is 10.8 Å². The molecule has 17 heavy (non-hydrogen) atoms. The first-order valence-electron chi connectivity index (χ1n) is 5.28. The van der Waals surface area contributed by atoms with Crippen molar-refractivity contribution in [1.82, 2.24) is 4.98 Å². The van der Waals surface area contributed by atoms with Gasteiger partial charge in [-0.05, 0) is 31.0 Å². The maximum absolute atomic E-state index is 8.80. The summed E-state index contributed by atoms with van der Waals surface area (Å²) in [7, 11) is 1.97. The summed E-state index contributed by atoms with van der Waals surface area (Å²) in [6.07, 6.45) is 1.61. The van der Waals surface area contributed by atoms with Crippen LogP contribution in [0, 0.1) is 25.2 Å². The van der Waals surface area contributed by atoms with Crippen molar-refractivity contribution in [2.75, 3.05) is 11.9 Å². The van der Waals surface area contributed by atoms with Crippen molar-refractivity contribution in [1.29, 1.82) is 5.26 Å². The predicted molar refractivity (Wildman–Crippen MR) is 70.8 cm³/mol. The van der Waals surface area contributed by atoms with E-state index in [2.05, 4.69) is 43.1 Å². The zero-order valence-electron chi connectivity index (χ0n) is 10.1. The maximum atomic E-state index is 8.80. The Kier molecular flexibility index (Phi) is 3.12. The summed E-state index contributed by atoms with van der Waals surface area (Å²) in [6.45, 7) is 4.14. The van der Waals surface area contributed by atoms with Gasteiger partial charge in [-0.25, -0.2) is 4.98 Å². The van der Waals surface area contributed by atoms with Gasteiger partial charge in [0.25, 0.3) is 0 Å². The zero-order valence-corrected chi connectivity index (χ0v) is 10.9. The van der Waals surface area contributed by atoms with Crippen molar-refractivity contribution < 1.29 is 0 Å².